The summed E-state index contributed by atoms with van der Waals surface area (Å²) >= 11 is 5.44. The fourth-order valence-electron chi connectivity index (χ4n) is 2.94. The molecule has 0 spiro atoms. The molecule has 0 aromatic heterocycles. The molecule has 0 amide bonds. The number of carbonyl (C=O) groups excluding carboxylic acids is 1. The number of ether oxygens (including phenoxy) is 2. The molecule has 3 aromatic rings. The number of Topliss-reactive ketones (excluding diaryl/α,β-unsaturated/α-hetero) is 1. The summed E-state index contributed by atoms with van der Waals surface area (Å²) in [4.78, 5) is 10.8. The molecule has 244 valence electrons. The van der Waals surface area contributed by atoms with Gasteiger partial charge < -0.3 is 26.0 Å². The quantitative estimate of drug-likeness (QED) is 0.135. The first-order valence-corrected chi connectivity index (χ1v) is 14.7. The first-order valence-electron chi connectivity index (χ1n) is 11.5. The van der Waals surface area contributed by atoms with Crippen molar-refractivity contribution in [1.29, 1.82) is 0 Å². The highest BCUT2D eigenvalue weighted by atomic mass is 127. The number of hydrogen-bond acceptors (Lipinski definition) is 6. The van der Waals surface area contributed by atoms with E-state index in [1.807, 2.05) is 22.6 Å². The van der Waals surface area contributed by atoms with Gasteiger partial charge in [-0.1, -0.05) is 12.1 Å². The van der Waals surface area contributed by atoms with Crippen LogP contribution in [0.25, 0.3) is 0 Å². The van der Waals surface area contributed by atoms with Crippen LogP contribution in [0.3, 0.4) is 0 Å². The molecule has 0 saturated heterocycles. The molecule has 2 unspecified atom stereocenters. The van der Waals surface area contributed by atoms with E-state index in [1.165, 1.54) is 50.6 Å². The van der Waals surface area contributed by atoms with Gasteiger partial charge in [0.1, 0.15) is 29.3 Å². The summed E-state index contributed by atoms with van der Waals surface area (Å²) in [5, 5.41) is 9.10. The summed E-state index contributed by atoms with van der Waals surface area (Å²) in [6.45, 7) is 0. The number of benzene rings is 3. The van der Waals surface area contributed by atoms with Gasteiger partial charge in [-0.3, -0.25) is 4.79 Å². The molecule has 5 N–H and O–H groups in total. The van der Waals surface area contributed by atoms with Gasteiger partial charge in [0, 0.05) is 5.56 Å². The number of halogens is 12. The van der Waals surface area contributed by atoms with Gasteiger partial charge in [-0.15, -0.1) is 0 Å². The number of carbonyl (C=O) groups is 1. The van der Waals surface area contributed by atoms with Crippen molar-refractivity contribution in [2.45, 2.75) is 30.6 Å². The second kappa shape index (κ2) is 16.7. The minimum absolute atomic E-state index is 0.0349. The van der Waals surface area contributed by atoms with Crippen LogP contribution in [0.5, 0.6) is 17.2 Å². The van der Waals surface area contributed by atoms with Gasteiger partial charge in [0.25, 0.3) is 5.78 Å². The van der Waals surface area contributed by atoms with Crippen molar-refractivity contribution in [2.75, 3.05) is 14.2 Å². The first-order chi connectivity index (χ1) is 20.0. The third-order valence-electron chi connectivity index (χ3n) is 5.24. The van der Waals surface area contributed by atoms with Crippen LogP contribution >= 0.6 is 67.8 Å². The fraction of sp³-hybridized carbons (Fsp3) is 0.269. The van der Waals surface area contributed by atoms with Crippen LogP contribution < -0.4 is 20.9 Å². The van der Waals surface area contributed by atoms with E-state index < -0.39 is 36.4 Å². The zero-order chi connectivity index (χ0) is 34.2. The lowest BCUT2D eigenvalue weighted by molar-refractivity contribution is -0.149. The van der Waals surface area contributed by atoms with Crippen LogP contribution in [-0.2, 0) is 0 Å². The average molecular weight is 978 g/mol. The van der Waals surface area contributed by atoms with Crippen LogP contribution in [0.1, 0.15) is 33.6 Å². The number of aromatic hydroxyl groups is 1. The normalized spacial score (nSPS) is 13.0. The lowest BCUT2D eigenvalue weighted by atomic mass is 10.1. The first kappa shape index (κ1) is 40.2. The maximum atomic E-state index is 12.3. The van der Waals surface area contributed by atoms with Crippen molar-refractivity contribution < 1.29 is 58.9 Å². The minimum Gasteiger partial charge on any atom is -0.507 e. The van der Waals surface area contributed by atoms with Crippen molar-refractivity contribution in [3.63, 3.8) is 0 Å². The predicted molar refractivity (Wildman–Crippen MR) is 169 cm³/mol. The molecule has 44 heavy (non-hydrogen) atoms. The van der Waals surface area contributed by atoms with E-state index in [0.29, 0.717) is 22.2 Å². The van der Waals surface area contributed by atoms with Crippen LogP contribution in [0, 0.1) is 10.7 Å². The SMILES string of the molecule is COc1ccc(C(=O)C(F)(F)F)cc1I.COc1ccc(C(N)C(F)(F)F)cc1I.NC(c1ccc(O)c(I)c1)C(F)(F)F. The summed E-state index contributed by atoms with van der Waals surface area (Å²) < 4.78 is 121. The molecule has 3 aromatic carbocycles. The number of phenols is 1. The van der Waals surface area contributed by atoms with Crippen molar-refractivity contribution in [3.8, 4) is 17.2 Å². The van der Waals surface area contributed by atoms with Crippen molar-refractivity contribution in [2.24, 2.45) is 11.5 Å². The molecule has 18 heteroatoms. The number of hydrogen-bond donors (Lipinski definition) is 3. The number of phenolic OH excluding ortho intramolecular Hbond substituents is 1. The van der Waals surface area contributed by atoms with Gasteiger partial charge in [-0.2, -0.15) is 39.5 Å². The highest BCUT2D eigenvalue weighted by Gasteiger charge is 2.40. The van der Waals surface area contributed by atoms with Crippen LogP contribution in [0.15, 0.2) is 54.6 Å². The molecule has 0 aliphatic rings. The monoisotopic (exact) mass is 978 g/mol. The molecule has 0 fully saturated rings. The Hall–Kier alpha value is -1.79. The van der Waals surface area contributed by atoms with Gasteiger partial charge in [0.15, 0.2) is 0 Å². The maximum absolute atomic E-state index is 12.3. The van der Waals surface area contributed by atoms with Gasteiger partial charge >= 0.3 is 18.5 Å². The number of nitrogens with two attached hydrogens (primary N) is 2. The highest BCUT2D eigenvalue weighted by molar-refractivity contribution is 14.1. The van der Waals surface area contributed by atoms with Gasteiger partial charge in [-0.25, -0.2) is 0 Å². The number of alkyl halides is 9. The lowest BCUT2D eigenvalue weighted by Gasteiger charge is -2.16. The molecule has 0 radical (unpaired) electrons. The van der Waals surface area contributed by atoms with E-state index in [0.717, 1.165) is 18.2 Å². The smallest absolute Gasteiger partial charge is 0.454 e. The Morgan fingerprint density at radius 2 is 1.07 bits per heavy atom. The summed E-state index contributed by atoms with van der Waals surface area (Å²) in [5.41, 5.74) is 9.64. The van der Waals surface area contributed by atoms with E-state index >= 15 is 0 Å². The lowest BCUT2D eigenvalue weighted by Crippen LogP contribution is -2.28. The van der Waals surface area contributed by atoms with E-state index in [1.54, 1.807) is 45.2 Å². The molecule has 0 bridgehead atoms. The van der Waals surface area contributed by atoms with Crippen molar-refractivity contribution >= 4 is 73.6 Å². The zero-order valence-electron chi connectivity index (χ0n) is 22.2. The number of methoxy groups -OCH3 is 2. The molecule has 3 rings (SSSR count). The summed E-state index contributed by atoms with van der Waals surface area (Å²) in [7, 11) is 2.86. The second-order valence-electron chi connectivity index (χ2n) is 8.32. The third-order valence-corrected chi connectivity index (χ3v) is 7.79. The topological polar surface area (TPSA) is 108 Å². The Morgan fingerprint density at radius 1 is 0.682 bits per heavy atom. The molecule has 0 heterocycles. The predicted octanol–water partition coefficient (Wildman–Crippen LogP) is 8.47. The number of rotatable bonds is 5. The summed E-state index contributed by atoms with van der Waals surface area (Å²) in [6, 6.07) is 7.37. The molecular weight excluding hydrogens is 956 g/mol. The van der Waals surface area contributed by atoms with E-state index in [9.17, 15) is 44.3 Å². The van der Waals surface area contributed by atoms with Gasteiger partial charge in [0.05, 0.1) is 24.9 Å². The summed E-state index contributed by atoms with van der Waals surface area (Å²) in [5.74, 6) is -0.921. The van der Waals surface area contributed by atoms with Gasteiger partial charge in [-0.05, 0) is 121 Å². The zero-order valence-corrected chi connectivity index (χ0v) is 28.7. The fourth-order valence-corrected chi connectivity index (χ4v) is 4.98. The van der Waals surface area contributed by atoms with Crippen molar-refractivity contribution in [1.82, 2.24) is 0 Å². The number of ketones is 1. The molecule has 0 aliphatic heterocycles. The largest absolute Gasteiger partial charge is 0.507 e. The van der Waals surface area contributed by atoms with Gasteiger partial charge in [0.2, 0.25) is 0 Å². The average Bonchev–Trinajstić information content (AvgIpc) is 2.92. The molecule has 0 aliphatic carbocycles. The van der Waals surface area contributed by atoms with Crippen LogP contribution in [-0.4, -0.2) is 43.6 Å². The molecule has 0 saturated carbocycles. The van der Waals surface area contributed by atoms with Crippen LogP contribution in [0.2, 0.25) is 0 Å². The second-order valence-corrected chi connectivity index (χ2v) is 11.8. The highest BCUT2D eigenvalue weighted by Crippen LogP contribution is 2.34. The summed E-state index contributed by atoms with van der Waals surface area (Å²) in [6.07, 6.45) is -13.7. The Labute approximate surface area is 286 Å². The standard InChI is InChI=1S/C9H9F3INO.C9H6F3IO2.C8H7F3INO/c2*1-15-7-3-2-5(4-6(7)13)8(14)9(10,11)12;9-8(10,11)7(13)4-1-2-6(14)5(12)3-4/h2-4,8H,14H2,1H3;2-4H,1H3;1-3,7,14H,13H2. The Balaban J connectivity index is 0.000000330. The van der Waals surface area contributed by atoms with E-state index in [-0.39, 0.29) is 22.4 Å². The maximum Gasteiger partial charge on any atom is 0.454 e. The minimum atomic E-state index is -4.84. The molecule has 2 atom stereocenters. The van der Waals surface area contributed by atoms with E-state index in [2.05, 4.69) is 0 Å². The van der Waals surface area contributed by atoms with Crippen molar-refractivity contribution in [3.05, 3.63) is 82.0 Å². The molecule has 6 nitrogen and oxygen atoms in total. The Kier molecular flexibility index (Phi) is 15.2. The Morgan fingerprint density at radius 3 is 1.41 bits per heavy atom. The van der Waals surface area contributed by atoms with Crippen LogP contribution in [0.4, 0.5) is 39.5 Å². The Bertz CT molecular complexity index is 1420. The van der Waals surface area contributed by atoms with E-state index in [4.69, 9.17) is 26.0 Å². The molecular formula is C26H22F9I3N2O4. The third kappa shape index (κ3) is 12.2.